The van der Waals surface area contributed by atoms with Gasteiger partial charge in [-0.2, -0.15) is 0 Å². The fourth-order valence-corrected chi connectivity index (χ4v) is 1.97. The second kappa shape index (κ2) is 6.94. The van der Waals surface area contributed by atoms with Gasteiger partial charge in [0.05, 0.1) is 6.61 Å². The normalized spacial score (nSPS) is 17.8. The van der Waals surface area contributed by atoms with Crippen molar-refractivity contribution < 1.29 is 19.0 Å². The Hall–Kier alpha value is -2.03. The molecule has 0 saturated carbocycles. The highest BCUT2D eigenvalue weighted by Gasteiger charge is 2.23. The van der Waals surface area contributed by atoms with Crippen molar-refractivity contribution in [1.29, 1.82) is 0 Å². The van der Waals surface area contributed by atoms with Gasteiger partial charge < -0.3 is 19.1 Å². The third-order valence-electron chi connectivity index (χ3n) is 2.84. The van der Waals surface area contributed by atoms with Gasteiger partial charge in [0.25, 0.3) is 0 Å². The van der Waals surface area contributed by atoms with Crippen LogP contribution in [0.4, 0.5) is 5.69 Å². The highest BCUT2D eigenvalue weighted by atomic mass is 16.5. The van der Waals surface area contributed by atoms with Crippen LogP contribution < -0.4 is 9.64 Å². The Morgan fingerprint density at radius 1 is 1.50 bits per heavy atom. The van der Waals surface area contributed by atoms with Gasteiger partial charge in [-0.3, -0.25) is 4.79 Å². The molecule has 0 aromatic heterocycles. The Balaban J connectivity index is 1.86. The first kappa shape index (κ1) is 14.4. The number of hydrogen-bond acceptors (Lipinski definition) is 5. The summed E-state index contributed by atoms with van der Waals surface area (Å²) >= 11 is 0. The van der Waals surface area contributed by atoms with Crippen LogP contribution in [0.25, 0.3) is 0 Å². The van der Waals surface area contributed by atoms with E-state index in [2.05, 4.69) is 10.8 Å². The minimum Gasteiger partial charge on any atom is -0.427 e. The standard InChI is InChI=1S/C15H17NO4/c1-3-8-18-10-15-9-16(11-19-15)13-4-6-14(7-5-13)20-12(2)17/h1,4-7,15H,8-11H2,2H3. The van der Waals surface area contributed by atoms with Gasteiger partial charge in [0.15, 0.2) is 0 Å². The lowest BCUT2D eigenvalue weighted by atomic mass is 10.2. The van der Waals surface area contributed by atoms with Crippen molar-refractivity contribution >= 4 is 11.7 Å². The van der Waals surface area contributed by atoms with Gasteiger partial charge in [0.1, 0.15) is 25.2 Å². The van der Waals surface area contributed by atoms with E-state index >= 15 is 0 Å². The van der Waals surface area contributed by atoms with Gasteiger partial charge in [-0.05, 0) is 24.3 Å². The summed E-state index contributed by atoms with van der Waals surface area (Å²) in [6, 6.07) is 7.32. The third-order valence-corrected chi connectivity index (χ3v) is 2.84. The SMILES string of the molecule is C#CCOCC1CN(c2ccc(OC(C)=O)cc2)CO1. The maximum atomic E-state index is 10.8. The number of carbonyl (C=O) groups is 1. The van der Waals surface area contributed by atoms with Crippen molar-refractivity contribution in [3.63, 3.8) is 0 Å². The zero-order valence-electron chi connectivity index (χ0n) is 11.4. The molecule has 1 aliphatic heterocycles. The molecule has 1 aliphatic rings. The van der Waals surface area contributed by atoms with Crippen LogP contribution in [0.5, 0.6) is 5.75 Å². The fourth-order valence-electron chi connectivity index (χ4n) is 1.97. The minimum absolute atomic E-state index is 0.0245. The largest absolute Gasteiger partial charge is 0.427 e. The molecule has 5 heteroatoms. The molecule has 1 unspecified atom stereocenters. The summed E-state index contributed by atoms with van der Waals surface area (Å²) in [5.74, 6) is 2.63. The summed E-state index contributed by atoms with van der Waals surface area (Å²) in [7, 11) is 0. The number of terminal acetylenes is 1. The van der Waals surface area contributed by atoms with E-state index in [4.69, 9.17) is 20.6 Å². The van der Waals surface area contributed by atoms with Crippen LogP contribution in [-0.4, -0.2) is 38.6 Å². The van der Waals surface area contributed by atoms with Gasteiger partial charge >= 0.3 is 5.97 Å². The molecule has 1 aromatic rings. The monoisotopic (exact) mass is 275 g/mol. The third kappa shape index (κ3) is 3.98. The quantitative estimate of drug-likeness (QED) is 0.352. The summed E-state index contributed by atoms with van der Waals surface area (Å²) in [6.07, 6.45) is 5.14. The molecule has 106 valence electrons. The number of anilines is 1. The predicted octanol–water partition coefficient (Wildman–Crippen LogP) is 1.42. The first-order valence-electron chi connectivity index (χ1n) is 6.35. The smallest absolute Gasteiger partial charge is 0.308 e. The summed E-state index contributed by atoms with van der Waals surface area (Å²) in [4.78, 5) is 12.9. The van der Waals surface area contributed by atoms with Crippen LogP contribution in [0.15, 0.2) is 24.3 Å². The number of carbonyl (C=O) groups excluding carboxylic acids is 1. The molecule has 0 bridgehead atoms. The van der Waals surface area contributed by atoms with Crippen molar-refractivity contribution in [2.24, 2.45) is 0 Å². The molecule has 1 heterocycles. The molecule has 1 fully saturated rings. The van der Waals surface area contributed by atoms with Gasteiger partial charge in [0.2, 0.25) is 0 Å². The fraction of sp³-hybridized carbons (Fsp3) is 0.400. The molecule has 1 aromatic carbocycles. The molecule has 20 heavy (non-hydrogen) atoms. The number of ether oxygens (including phenoxy) is 3. The predicted molar refractivity (Wildman–Crippen MR) is 74.5 cm³/mol. The van der Waals surface area contributed by atoms with Crippen molar-refractivity contribution in [3.8, 4) is 18.1 Å². The molecule has 0 amide bonds. The van der Waals surface area contributed by atoms with Crippen molar-refractivity contribution in [2.45, 2.75) is 13.0 Å². The highest BCUT2D eigenvalue weighted by molar-refractivity contribution is 5.69. The minimum atomic E-state index is -0.326. The molecular formula is C15H17NO4. The molecule has 1 saturated heterocycles. The maximum Gasteiger partial charge on any atom is 0.308 e. The van der Waals surface area contributed by atoms with E-state index in [0.29, 0.717) is 25.7 Å². The first-order valence-corrected chi connectivity index (χ1v) is 6.35. The zero-order chi connectivity index (χ0) is 14.4. The Bertz CT molecular complexity index is 492. The first-order chi connectivity index (χ1) is 9.69. The van der Waals surface area contributed by atoms with E-state index in [1.165, 1.54) is 6.92 Å². The van der Waals surface area contributed by atoms with Gasteiger partial charge in [0, 0.05) is 19.2 Å². The van der Waals surface area contributed by atoms with E-state index < -0.39 is 0 Å². The average Bonchev–Trinajstić information content (AvgIpc) is 2.88. The molecule has 5 nitrogen and oxygen atoms in total. The average molecular weight is 275 g/mol. The van der Waals surface area contributed by atoms with E-state index in [-0.39, 0.29) is 12.1 Å². The highest BCUT2D eigenvalue weighted by Crippen LogP contribution is 2.23. The maximum absolute atomic E-state index is 10.8. The van der Waals surface area contributed by atoms with E-state index in [9.17, 15) is 4.79 Å². The van der Waals surface area contributed by atoms with Crippen LogP contribution in [0.1, 0.15) is 6.92 Å². The van der Waals surface area contributed by atoms with Crippen LogP contribution in [0, 0.1) is 12.3 Å². The molecule has 0 N–H and O–H groups in total. The number of esters is 1. The van der Waals surface area contributed by atoms with Gasteiger partial charge in [-0.25, -0.2) is 0 Å². The summed E-state index contributed by atoms with van der Waals surface area (Å²) in [5, 5.41) is 0. The summed E-state index contributed by atoms with van der Waals surface area (Å²) in [6.45, 7) is 3.43. The second-order valence-electron chi connectivity index (χ2n) is 4.45. The van der Waals surface area contributed by atoms with Crippen LogP contribution >= 0.6 is 0 Å². The number of nitrogens with zero attached hydrogens (tertiary/aromatic N) is 1. The Labute approximate surface area is 118 Å². The van der Waals surface area contributed by atoms with E-state index in [0.717, 1.165) is 12.2 Å². The van der Waals surface area contributed by atoms with Crippen molar-refractivity contribution in [1.82, 2.24) is 0 Å². The summed E-state index contributed by atoms with van der Waals surface area (Å²) in [5.41, 5.74) is 1.01. The Morgan fingerprint density at radius 2 is 2.25 bits per heavy atom. The van der Waals surface area contributed by atoms with Crippen LogP contribution in [0.2, 0.25) is 0 Å². The zero-order valence-corrected chi connectivity index (χ0v) is 11.4. The van der Waals surface area contributed by atoms with Crippen molar-refractivity contribution in [2.75, 3.05) is 31.4 Å². The van der Waals surface area contributed by atoms with Crippen LogP contribution in [-0.2, 0) is 14.3 Å². The molecular weight excluding hydrogens is 258 g/mol. The lowest BCUT2D eigenvalue weighted by molar-refractivity contribution is -0.131. The van der Waals surface area contributed by atoms with Crippen LogP contribution in [0.3, 0.4) is 0 Å². The number of hydrogen-bond donors (Lipinski definition) is 0. The second-order valence-corrected chi connectivity index (χ2v) is 4.45. The molecule has 2 rings (SSSR count). The van der Waals surface area contributed by atoms with E-state index in [1.54, 1.807) is 12.1 Å². The molecule has 0 radical (unpaired) electrons. The Kier molecular flexibility index (Phi) is 4.99. The molecule has 1 atom stereocenters. The lowest BCUT2D eigenvalue weighted by Gasteiger charge is -2.16. The number of benzene rings is 1. The lowest BCUT2D eigenvalue weighted by Crippen LogP contribution is -2.24. The van der Waals surface area contributed by atoms with Gasteiger partial charge in [-0.15, -0.1) is 6.42 Å². The Morgan fingerprint density at radius 3 is 2.90 bits per heavy atom. The molecule has 0 spiro atoms. The van der Waals surface area contributed by atoms with E-state index in [1.807, 2.05) is 12.1 Å². The van der Waals surface area contributed by atoms with Crippen molar-refractivity contribution in [3.05, 3.63) is 24.3 Å². The van der Waals surface area contributed by atoms with Gasteiger partial charge in [-0.1, -0.05) is 5.92 Å². The topological polar surface area (TPSA) is 48.0 Å². The molecule has 0 aliphatic carbocycles. The summed E-state index contributed by atoms with van der Waals surface area (Å²) < 4.78 is 15.9. The number of rotatable bonds is 5.